The minimum Gasteiger partial charge on any atom is -0.358 e. The number of nitro groups is 1. The lowest BCUT2D eigenvalue weighted by Crippen LogP contribution is -2.42. The highest BCUT2D eigenvalue weighted by atomic mass is 35.5. The summed E-state index contributed by atoms with van der Waals surface area (Å²) in [6.07, 6.45) is 1.21. The summed E-state index contributed by atoms with van der Waals surface area (Å²) in [6.45, 7) is -2.14. The molecule has 0 radical (unpaired) electrons. The molecule has 108 valence electrons. The Morgan fingerprint density at radius 1 is 1.63 bits per heavy atom. The number of nitrogens with two attached hydrogens (primary N) is 1. The van der Waals surface area contributed by atoms with E-state index in [0.717, 1.165) is 10.7 Å². The normalized spacial score (nSPS) is 10.7. The van der Waals surface area contributed by atoms with Gasteiger partial charge in [-0.1, -0.05) is 0 Å². The molecule has 0 aliphatic heterocycles. The number of rotatable bonds is 6. The van der Waals surface area contributed by atoms with Crippen molar-refractivity contribution in [1.29, 1.82) is 0 Å². The van der Waals surface area contributed by atoms with Gasteiger partial charge in [-0.15, -0.1) is 12.4 Å². The van der Waals surface area contributed by atoms with Gasteiger partial charge in [0.25, 0.3) is 5.92 Å². The highest BCUT2D eigenvalue weighted by Gasteiger charge is 2.27. The summed E-state index contributed by atoms with van der Waals surface area (Å²) >= 11 is 0. The molecule has 1 heterocycles. The van der Waals surface area contributed by atoms with Crippen molar-refractivity contribution in [1.82, 2.24) is 15.1 Å². The van der Waals surface area contributed by atoms with Crippen molar-refractivity contribution in [3.63, 3.8) is 0 Å². The van der Waals surface area contributed by atoms with Gasteiger partial charge in [0.1, 0.15) is 6.54 Å². The van der Waals surface area contributed by atoms with Gasteiger partial charge in [-0.25, -0.2) is 8.78 Å². The van der Waals surface area contributed by atoms with Crippen molar-refractivity contribution in [2.75, 3.05) is 13.1 Å². The summed E-state index contributed by atoms with van der Waals surface area (Å²) in [5.74, 6) is -4.33. The molecule has 0 saturated carbocycles. The van der Waals surface area contributed by atoms with Crippen LogP contribution < -0.4 is 11.1 Å². The van der Waals surface area contributed by atoms with E-state index in [1.54, 1.807) is 0 Å². The zero-order valence-electron chi connectivity index (χ0n) is 9.58. The summed E-state index contributed by atoms with van der Waals surface area (Å²) < 4.78 is 26.4. The zero-order chi connectivity index (χ0) is 13.8. The molecule has 3 N–H and O–H groups in total. The Labute approximate surface area is 112 Å². The van der Waals surface area contributed by atoms with E-state index in [0.29, 0.717) is 0 Å². The molecule has 0 fully saturated rings. The van der Waals surface area contributed by atoms with E-state index in [2.05, 4.69) is 5.10 Å². The van der Waals surface area contributed by atoms with Crippen molar-refractivity contribution in [3.8, 4) is 0 Å². The molecule has 1 amide bonds. The van der Waals surface area contributed by atoms with E-state index in [9.17, 15) is 23.7 Å². The highest BCUT2D eigenvalue weighted by molar-refractivity contribution is 5.85. The fraction of sp³-hybridized carbons (Fsp3) is 0.500. The molecule has 8 nitrogen and oxygen atoms in total. The first kappa shape index (κ1) is 17.2. The number of carbonyl (C=O) groups excluding carboxylic acids is 1. The van der Waals surface area contributed by atoms with Gasteiger partial charge in [0.15, 0.2) is 0 Å². The van der Waals surface area contributed by atoms with E-state index in [1.807, 2.05) is 5.32 Å². The van der Waals surface area contributed by atoms with Crippen molar-refractivity contribution in [3.05, 3.63) is 22.4 Å². The fourth-order valence-electron chi connectivity index (χ4n) is 1.04. The van der Waals surface area contributed by atoms with Gasteiger partial charge in [0.05, 0.1) is 30.5 Å². The number of hydrogen-bond donors (Lipinski definition) is 2. The Morgan fingerprint density at radius 2 is 2.26 bits per heavy atom. The van der Waals surface area contributed by atoms with Crippen molar-refractivity contribution in [2.24, 2.45) is 5.73 Å². The lowest BCUT2D eigenvalue weighted by atomic mass is 10.3. The van der Waals surface area contributed by atoms with Gasteiger partial charge in [-0.2, -0.15) is 4.68 Å². The molecular weight excluding hydrogens is 288 g/mol. The summed E-state index contributed by atoms with van der Waals surface area (Å²) in [5, 5.41) is 15.7. The van der Waals surface area contributed by atoms with Crippen LogP contribution >= 0.6 is 12.4 Å². The third-order valence-electron chi connectivity index (χ3n) is 1.96. The van der Waals surface area contributed by atoms with Gasteiger partial charge in [0.2, 0.25) is 5.91 Å². The molecule has 0 atom stereocenters. The number of amides is 1. The molecule has 11 heteroatoms. The second kappa shape index (κ2) is 6.95. The van der Waals surface area contributed by atoms with Gasteiger partial charge in [-0.05, 0) is 4.92 Å². The Hall–Kier alpha value is -1.81. The smallest absolute Gasteiger partial charge is 0.358 e. The number of nitrogens with one attached hydrogen (secondary N) is 1. The Bertz CT molecular complexity index is 453. The first-order valence-corrected chi connectivity index (χ1v) is 4.86. The predicted octanol–water partition coefficient (Wildman–Crippen LogP) is -0.0767. The number of hydrogen-bond acceptors (Lipinski definition) is 5. The van der Waals surface area contributed by atoms with E-state index in [1.165, 1.54) is 6.20 Å². The van der Waals surface area contributed by atoms with Crippen molar-refractivity contribution < 1.29 is 18.5 Å². The SMILES string of the molecule is Cl.NCC(F)(F)CNC(=O)Cn1ccc([N+](=O)[O-])n1. The van der Waals surface area contributed by atoms with E-state index < -0.39 is 35.7 Å². The lowest BCUT2D eigenvalue weighted by molar-refractivity contribution is -0.389. The Balaban J connectivity index is 0.00000324. The number of alkyl halides is 2. The molecule has 0 aromatic carbocycles. The highest BCUT2D eigenvalue weighted by Crippen LogP contribution is 2.08. The summed E-state index contributed by atoms with van der Waals surface area (Å²) in [6, 6.07) is 1.10. The lowest BCUT2D eigenvalue weighted by Gasteiger charge is -2.13. The van der Waals surface area contributed by atoms with Crippen LogP contribution in [-0.2, 0) is 11.3 Å². The van der Waals surface area contributed by atoms with Crippen LogP contribution in [0.4, 0.5) is 14.6 Å². The predicted molar refractivity (Wildman–Crippen MR) is 63.1 cm³/mol. The third kappa shape index (κ3) is 5.57. The molecule has 0 aliphatic carbocycles. The second-order valence-corrected chi connectivity index (χ2v) is 3.47. The van der Waals surface area contributed by atoms with Gasteiger partial charge in [0, 0.05) is 0 Å². The quantitative estimate of drug-likeness (QED) is 0.563. The fourth-order valence-corrected chi connectivity index (χ4v) is 1.04. The van der Waals surface area contributed by atoms with Crippen LogP contribution in [0.15, 0.2) is 12.3 Å². The number of carbonyl (C=O) groups is 1. The van der Waals surface area contributed by atoms with E-state index in [-0.39, 0.29) is 19.0 Å². The first-order chi connectivity index (χ1) is 8.34. The molecule has 1 aromatic heterocycles. The van der Waals surface area contributed by atoms with Gasteiger partial charge in [-0.3, -0.25) is 4.79 Å². The largest absolute Gasteiger partial charge is 0.389 e. The van der Waals surface area contributed by atoms with Crippen LogP contribution in [0.2, 0.25) is 0 Å². The van der Waals surface area contributed by atoms with E-state index >= 15 is 0 Å². The maximum absolute atomic E-state index is 12.7. The topological polar surface area (TPSA) is 116 Å². The number of aromatic nitrogens is 2. The zero-order valence-corrected chi connectivity index (χ0v) is 10.4. The van der Waals surface area contributed by atoms with Crippen LogP contribution in [-0.4, -0.2) is 39.6 Å². The molecule has 0 aliphatic rings. The van der Waals surface area contributed by atoms with E-state index in [4.69, 9.17) is 5.73 Å². The maximum Gasteiger partial charge on any atom is 0.389 e. The monoisotopic (exact) mass is 299 g/mol. The van der Waals surface area contributed by atoms with Gasteiger partial charge < -0.3 is 21.2 Å². The summed E-state index contributed by atoms with van der Waals surface area (Å²) in [5.41, 5.74) is 4.79. The maximum atomic E-state index is 12.7. The van der Waals surface area contributed by atoms with Crippen molar-refractivity contribution >= 4 is 24.1 Å². The average Bonchev–Trinajstić information content (AvgIpc) is 2.75. The summed E-state index contributed by atoms with van der Waals surface area (Å²) in [4.78, 5) is 20.8. The van der Waals surface area contributed by atoms with Crippen LogP contribution in [0.3, 0.4) is 0 Å². The van der Waals surface area contributed by atoms with Crippen LogP contribution in [0, 0.1) is 10.1 Å². The minimum absolute atomic E-state index is 0. The second-order valence-electron chi connectivity index (χ2n) is 3.47. The van der Waals surface area contributed by atoms with Crippen LogP contribution in [0.25, 0.3) is 0 Å². The Morgan fingerprint density at radius 3 is 2.74 bits per heavy atom. The first-order valence-electron chi connectivity index (χ1n) is 4.86. The third-order valence-corrected chi connectivity index (χ3v) is 1.96. The number of nitrogens with zero attached hydrogens (tertiary/aromatic N) is 3. The molecular formula is C8H12ClF2N5O3. The molecule has 19 heavy (non-hydrogen) atoms. The molecule has 1 aromatic rings. The van der Waals surface area contributed by atoms with Crippen molar-refractivity contribution in [2.45, 2.75) is 12.5 Å². The molecule has 0 saturated heterocycles. The average molecular weight is 300 g/mol. The number of halogens is 3. The standard InChI is InChI=1S/C8H11F2N5O3.ClH/c9-8(10,4-11)5-12-7(16)3-14-2-1-6(13-14)15(17)18;/h1-2H,3-5,11H2,(H,12,16);1H. The molecule has 0 unspecified atom stereocenters. The molecule has 0 bridgehead atoms. The molecule has 0 spiro atoms. The minimum atomic E-state index is -3.17. The summed E-state index contributed by atoms with van der Waals surface area (Å²) in [7, 11) is 0. The van der Waals surface area contributed by atoms with Crippen LogP contribution in [0.1, 0.15) is 0 Å². The van der Waals surface area contributed by atoms with Gasteiger partial charge >= 0.3 is 5.82 Å². The molecule has 1 rings (SSSR count). The Kier molecular flexibility index (Phi) is 6.28. The van der Waals surface area contributed by atoms with Crippen LogP contribution in [0.5, 0.6) is 0 Å².